The van der Waals surface area contributed by atoms with Crippen molar-refractivity contribution in [3.8, 4) is 0 Å². The zero-order chi connectivity index (χ0) is 16.5. The third-order valence-corrected chi connectivity index (χ3v) is 5.66. The molecule has 3 heterocycles. The topological polar surface area (TPSA) is 50.2 Å². The Kier molecular flexibility index (Phi) is 3.98. The van der Waals surface area contributed by atoms with Crippen molar-refractivity contribution in [3.05, 3.63) is 48.3 Å². The summed E-state index contributed by atoms with van der Waals surface area (Å²) in [5.74, 6) is 0.0148. The van der Waals surface area contributed by atoms with Crippen LogP contribution in [-0.2, 0) is 7.05 Å². The molecule has 124 valence electrons. The van der Waals surface area contributed by atoms with Crippen molar-refractivity contribution in [2.24, 2.45) is 7.05 Å². The molecular weight excluding hydrogens is 320 g/mol. The molecule has 1 N–H and O–H groups in total. The predicted molar refractivity (Wildman–Crippen MR) is 97.7 cm³/mol. The van der Waals surface area contributed by atoms with Crippen LogP contribution in [0.4, 0.5) is 5.13 Å². The van der Waals surface area contributed by atoms with Gasteiger partial charge in [0, 0.05) is 32.4 Å². The van der Waals surface area contributed by atoms with Crippen molar-refractivity contribution in [1.82, 2.24) is 14.9 Å². The molecule has 24 heavy (non-hydrogen) atoms. The van der Waals surface area contributed by atoms with Gasteiger partial charge in [0.2, 0.25) is 0 Å². The second kappa shape index (κ2) is 6.28. The first-order chi connectivity index (χ1) is 11.7. The van der Waals surface area contributed by atoms with E-state index in [1.165, 1.54) is 4.70 Å². The van der Waals surface area contributed by atoms with Gasteiger partial charge >= 0.3 is 0 Å². The quantitative estimate of drug-likeness (QED) is 0.797. The molecule has 0 radical (unpaired) electrons. The van der Waals surface area contributed by atoms with Gasteiger partial charge in [-0.15, -0.1) is 0 Å². The van der Waals surface area contributed by atoms with Crippen molar-refractivity contribution in [1.29, 1.82) is 0 Å². The Morgan fingerprint density at radius 3 is 2.71 bits per heavy atom. The molecule has 1 aromatic carbocycles. The van der Waals surface area contributed by atoms with Crippen molar-refractivity contribution >= 4 is 32.6 Å². The average molecular weight is 340 g/mol. The van der Waals surface area contributed by atoms with Crippen molar-refractivity contribution < 1.29 is 4.79 Å². The number of aryl methyl sites for hydroxylation is 1. The first-order valence-corrected chi connectivity index (χ1v) is 9.05. The number of piperidine rings is 1. The maximum Gasteiger partial charge on any atom is 0.268 e. The molecule has 3 aromatic rings. The minimum Gasteiger partial charge on any atom is -0.348 e. The third-order valence-electron chi connectivity index (χ3n) is 4.56. The van der Waals surface area contributed by atoms with Crippen molar-refractivity contribution in [3.63, 3.8) is 0 Å². The van der Waals surface area contributed by atoms with Gasteiger partial charge in [-0.25, -0.2) is 4.98 Å². The zero-order valence-electron chi connectivity index (χ0n) is 13.6. The Labute approximate surface area is 144 Å². The van der Waals surface area contributed by atoms with Crippen LogP contribution in [0.2, 0.25) is 0 Å². The molecule has 0 atom stereocenters. The monoisotopic (exact) mass is 340 g/mol. The molecule has 1 amide bonds. The first-order valence-electron chi connectivity index (χ1n) is 8.23. The normalized spacial score (nSPS) is 15.8. The summed E-state index contributed by atoms with van der Waals surface area (Å²) in [6.45, 7) is 1.86. The fourth-order valence-corrected chi connectivity index (χ4v) is 4.18. The zero-order valence-corrected chi connectivity index (χ0v) is 14.4. The fourth-order valence-electron chi connectivity index (χ4n) is 3.17. The average Bonchev–Trinajstić information content (AvgIpc) is 3.21. The summed E-state index contributed by atoms with van der Waals surface area (Å²) in [5.41, 5.74) is 1.78. The number of aromatic nitrogens is 2. The Morgan fingerprint density at radius 1 is 1.21 bits per heavy atom. The van der Waals surface area contributed by atoms with E-state index < -0.39 is 0 Å². The molecule has 1 aliphatic rings. The summed E-state index contributed by atoms with van der Waals surface area (Å²) in [5, 5.41) is 4.24. The number of nitrogens with zero attached hydrogens (tertiary/aromatic N) is 3. The molecule has 0 bridgehead atoms. The molecule has 0 spiro atoms. The number of carbonyl (C=O) groups excluding carboxylic acids is 1. The van der Waals surface area contributed by atoms with Gasteiger partial charge in [-0.1, -0.05) is 23.5 Å². The Morgan fingerprint density at radius 2 is 2.00 bits per heavy atom. The summed E-state index contributed by atoms with van der Waals surface area (Å²) in [7, 11) is 1.89. The summed E-state index contributed by atoms with van der Waals surface area (Å²) in [6.07, 6.45) is 3.79. The Hall–Kier alpha value is -2.34. The second-order valence-electron chi connectivity index (χ2n) is 6.20. The Balaban J connectivity index is 1.38. The van der Waals surface area contributed by atoms with Gasteiger partial charge in [0.1, 0.15) is 5.69 Å². The number of fused-ring (bicyclic) bond motifs is 1. The molecule has 6 heteroatoms. The van der Waals surface area contributed by atoms with Crippen LogP contribution in [0.25, 0.3) is 10.2 Å². The lowest BCUT2D eigenvalue weighted by atomic mass is 10.1. The van der Waals surface area contributed by atoms with E-state index in [2.05, 4.69) is 28.4 Å². The van der Waals surface area contributed by atoms with Gasteiger partial charge in [0.05, 0.1) is 10.2 Å². The smallest absolute Gasteiger partial charge is 0.268 e. The molecule has 0 saturated carbocycles. The molecule has 4 rings (SSSR count). The molecule has 5 nitrogen and oxygen atoms in total. The van der Waals surface area contributed by atoms with Crippen LogP contribution in [0.5, 0.6) is 0 Å². The van der Waals surface area contributed by atoms with Crippen LogP contribution in [0, 0.1) is 0 Å². The van der Waals surface area contributed by atoms with Crippen LogP contribution >= 0.6 is 11.3 Å². The summed E-state index contributed by atoms with van der Waals surface area (Å²) in [6, 6.07) is 12.2. The SMILES string of the molecule is Cn1cccc1C(=O)NC1CCN(c2nc3ccccc3s2)CC1. The van der Waals surface area contributed by atoms with Gasteiger partial charge < -0.3 is 14.8 Å². The largest absolute Gasteiger partial charge is 0.348 e. The van der Waals surface area contributed by atoms with Crippen LogP contribution in [0.3, 0.4) is 0 Å². The lowest BCUT2D eigenvalue weighted by molar-refractivity contribution is 0.0923. The van der Waals surface area contributed by atoms with Gasteiger partial charge in [0.15, 0.2) is 5.13 Å². The van der Waals surface area contributed by atoms with Gasteiger partial charge in [-0.3, -0.25) is 4.79 Å². The molecule has 1 aliphatic heterocycles. The number of para-hydroxylation sites is 1. The highest BCUT2D eigenvalue weighted by Gasteiger charge is 2.23. The Bertz CT molecular complexity index is 828. The molecule has 1 fully saturated rings. The van der Waals surface area contributed by atoms with Crippen LogP contribution in [-0.4, -0.2) is 34.6 Å². The number of hydrogen-bond donors (Lipinski definition) is 1. The highest BCUT2D eigenvalue weighted by Crippen LogP contribution is 2.30. The molecule has 2 aromatic heterocycles. The molecule has 0 unspecified atom stereocenters. The highest BCUT2D eigenvalue weighted by molar-refractivity contribution is 7.22. The maximum atomic E-state index is 12.3. The maximum absolute atomic E-state index is 12.3. The minimum absolute atomic E-state index is 0.0148. The summed E-state index contributed by atoms with van der Waals surface area (Å²) >= 11 is 1.74. The van der Waals surface area contributed by atoms with E-state index in [1.807, 2.05) is 36.0 Å². The highest BCUT2D eigenvalue weighted by atomic mass is 32.1. The minimum atomic E-state index is 0.0148. The van der Waals surface area contributed by atoms with Gasteiger partial charge in [-0.05, 0) is 37.1 Å². The molecule has 1 saturated heterocycles. The predicted octanol–water partition coefficient (Wildman–Crippen LogP) is 3.03. The van der Waals surface area contributed by atoms with E-state index in [1.54, 1.807) is 11.3 Å². The van der Waals surface area contributed by atoms with E-state index in [-0.39, 0.29) is 11.9 Å². The van der Waals surface area contributed by atoms with E-state index in [4.69, 9.17) is 4.98 Å². The lowest BCUT2D eigenvalue weighted by Gasteiger charge is -2.32. The molecular formula is C18H20N4OS. The second-order valence-corrected chi connectivity index (χ2v) is 7.21. The number of carbonyl (C=O) groups is 1. The summed E-state index contributed by atoms with van der Waals surface area (Å²) in [4.78, 5) is 19.4. The number of thiazole rings is 1. The van der Waals surface area contributed by atoms with Crippen molar-refractivity contribution in [2.45, 2.75) is 18.9 Å². The van der Waals surface area contributed by atoms with Crippen molar-refractivity contribution in [2.75, 3.05) is 18.0 Å². The first kappa shape index (κ1) is 15.2. The van der Waals surface area contributed by atoms with E-state index >= 15 is 0 Å². The van der Waals surface area contributed by atoms with E-state index in [0.717, 1.165) is 36.6 Å². The number of nitrogens with one attached hydrogen (secondary N) is 1. The lowest BCUT2D eigenvalue weighted by Crippen LogP contribution is -2.45. The van der Waals surface area contributed by atoms with Crippen LogP contribution < -0.4 is 10.2 Å². The van der Waals surface area contributed by atoms with E-state index in [9.17, 15) is 4.79 Å². The number of benzene rings is 1. The van der Waals surface area contributed by atoms with Crippen LogP contribution in [0.15, 0.2) is 42.6 Å². The fraction of sp³-hybridized carbons (Fsp3) is 0.333. The number of amides is 1. The summed E-state index contributed by atoms with van der Waals surface area (Å²) < 4.78 is 3.08. The number of anilines is 1. The van der Waals surface area contributed by atoms with Gasteiger partial charge in [-0.2, -0.15) is 0 Å². The van der Waals surface area contributed by atoms with Gasteiger partial charge in [0.25, 0.3) is 5.91 Å². The third kappa shape index (κ3) is 2.89. The van der Waals surface area contributed by atoms with E-state index in [0.29, 0.717) is 5.69 Å². The number of rotatable bonds is 3. The standard InChI is InChI=1S/C18H20N4OS/c1-21-10-4-6-15(21)17(23)19-13-8-11-22(12-9-13)18-20-14-5-2-3-7-16(14)24-18/h2-7,10,13H,8-9,11-12H2,1H3,(H,19,23). The van der Waals surface area contributed by atoms with Crippen LogP contribution in [0.1, 0.15) is 23.3 Å². The molecule has 0 aliphatic carbocycles. The number of hydrogen-bond acceptors (Lipinski definition) is 4.